The Labute approximate surface area is 133 Å². The summed E-state index contributed by atoms with van der Waals surface area (Å²) in [4.78, 5) is 24.7. The Morgan fingerprint density at radius 3 is 2.60 bits per heavy atom. The minimum atomic E-state index is -0.894. The van der Waals surface area contributed by atoms with Crippen molar-refractivity contribution >= 4 is 51.8 Å². The first-order valence-corrected chi connectivity index (χ1v) is 7.30. The molecule has 0 saturated carbocycles. The van der Waals surface area contributed by atoms with E-state index in [2.05, 4.69) is 33.0 Å². The second kappa shape index (κ2) is 4.85. The highest BCUT2D eigenvalue weighted by Gasteiger charge is 2.38. The van der Waals surface area contributed by atoms with Gasteiger partial charge in [0, 0.05) is 5.02 Å². The van der Waals surface area contributed by atoms with Crippen LogP contribution in [0.2, 0.25) is 5.02 Å². The molecule has 5 nitrogen and oxygen atoms in total. The lowest BCUT2D eigenvalue weighted by atomic mass is 9.96. The first kappa shape index (κ1) is 13.6. The summed E-state index contributed by atoms with van der Waals surface area (Å²) >= 11 is 7.89. The fourth-order valence-corrected chi connectivity index (χ4v) is 2.75. The van der Waals surface area contributed by atoms with Crippen LogP contribution in [0.5, 0.6) is 0 Å². The van der Waals surface area contributed by atoms with Crippen molar-refractivity contribution in [3.8, 4) is 0 Å². The van der Waals surface area contributed by atoms with Gasteiger partial charge in [0.2, 0.25) is 5.91 Å². The normalized spacial score (nSPS) is 17.9. The number of nitrogens with one attached hydrogen (secondary N) is 1. The Hall–Kier alpha value is -1.41. The van der Waals surface area contributed by atoms with Gasteiger partial charge < -0.3 is 5.32 Å². The molecule has 1 aliphatic rings. The summed E-state index contributed by atoms with van der Waals surface area (Å²) in [5.74, 6) is -1.14. The molecular weight excluding hydrogens is 393 g/mol. The summed E-state index contributed by atoms with van der Waals surface area (Å²) in [6.45, 7) is 1.80. The van der Waals surface area contributed by atoms with E-state index in [1.54, 1.807) is 31.2 Å². The molecule has 0 fully saturated rings. The Kier molecular flexibility index (Phi) is 3.29. The highest BCUT2D eigenvalue weighted by molar-refractivity contribution is 14.1. The van der Waals surface area contributed by atoms with Gasteiger partial charge in [-0.25, -0.2) is 0 Å². The quantitative estimate of drug-likeness (QED) is 0.590. The van der Waals surface area contributed by atoms with Crippen molar-refractivity contribution < 1.29 is 9.59 Å². The lowest BCUT2D eigenvalue weighted by molar-refractivity contribution is -0.117. The molecule has 1 aliphatic heterocycles. The fraction of sp³-hybridized carbons (Fsp3) is 0.154. The number of amides is 1. The second-order valence-corrected chi connectivity index (χ2v) is 5.99. The first-order valence-electron chi connectivity index (χ1n) is 5.84. The third-order valence-electron chi connectivity index (χ3n) is 3.15. The zero-order valence-corrected chi connectivity index (χ0v) is 13.3. The van der Waals surface area contributed by atoms with Crippen LogP contribution in [-0.4, -0.2) is 21.6 Å². The van der Waals surface area contributed by atoms with Crippen molar-refractivity contribution in [2.45, 2.75) is 12.8 Å². The van der Waals surface area contributed by atoms with E-state index in [-0.39, 0.29) is 11.8 Å². The van der Waals surface area contributed by atoms with Gasteiger partial charge >= 0.3 is 0 Å². The third-order valence-corrected chi connectivity index (χ3v) is 4.69. The van der Waals surface area contributed by atoms with Gasteiger partial charge in [0.05, 0.1) is 9.26 Å². The fourth-order valence-electron chi connectivity index (χ4n) is 2.15. The lowest BCUT2D eigenvalue weighted by Crippen LogP contribution is -2.38. The van der Waals surface area contributed by atoms with Gasteiger partial charge in [-0.05, 0) is 47.2 Å². The predicted octanol–water partition coefficient (Wildman–Crippen LogP) is 2.83. The molecular formula is C13H9ClIN3O2. The van der Waals surface area contributed by atoms with Crippen LogP contribution in [-0.2, 0) is 4.79 Å². The summed E-state index contributed by atoms with van der Waals surface area (Å²) < 4.78 is 2.04. The number of carbonyl (C=O) groups excluding carboxylic acids is 2. The molecule has 2 aromatic rings. The van der Waals surface area contributed by atoms with Crippen LogP contribution < -0.4 is 5.32 Å². The number of aromatic nitrogens is 2. The zero-order chi connectivity index (χ0) is 14.4. The molecule has 1 aromatic carbocycles. The Bertz CT molecular complexity index is 724. The highest BCUT2D eigenvalue weighted by atomic mass is 127. The summed E-state index contributed by atoms with van der Waals surface area (Å²) in [6, 6.07) is 6.67. The minimum Gasteiger partial charge on any atom is -0.309 e. The van der Waals surface area contributed by atoms with Crippen molar-refractivity contribution in [2.75, 3.05) is 5.32 Å². The molecule has 20 heavy (non-hydrogen) atoms. The number of nitrogens with zero attached hydrogens (tertiary/aromatic N) is 2. The van der Waals surface area contributed by atoms with Gasteiger partial charge in [-0.15, -0.1) is 0 Å². The van der Waals surface area contributed by atoms with Crippen LogP contribution in [0.25, 0.3) is 0 Å². The predicted molar refractivity (Wildman–Crippen MR) is 83.1 cm³/mol. The molecule has 1 atom stereocenters. The molecule has 0 saturated heterocycles. The van der Waals surface area contributed by atoms with Crippen LogP contribution in [0.1, 0.15) is 22.0 Å². The summed E-state index contributed by atoms with van der Waals surface area (Å²) in [5, 5.41) is 7.48. The number of rotatable bonds is 1. The molecule has 1 N–H and O–H groups in total. The highest BCUT2D eigenvalue weighted by Crippen LogP contribution is 2.31. The van der Waals surface area contributed by atoms with E-state index in [4.69, 9.17) is 11.6 Å². The maximum absolute atomic E-state index is 12.5. The number of halogens is 2. The molecule has 2 heterocycles. The molecule has 0 aliphatic carbocycles. The number of carbonyl (C=O) groups is 2. The van der Waals surface area contributed by atoms with E-state index in [9.17, 15) is 9.59 Å². The van der Waals surface area contributed by atoms with Crippen molar-refractivity contribution in [1.29, 1.82) is 0 Å². The summed E-state index contributed by atoms with van der Waals surface area (Å²) in [6.07, 6.45) is 0. The van der Waals surface area contributed by atoms with E-state index in [0.717, 1.165) is 3.57 Å². The third kappa shape index (κ3) is 2.03. The number of hydrogen-bond acceptors (Lipinski definition) is 3. The lowest BCUT2D eigenvalue weighted by Gasteiger charge is -2.22. The van der Waals surface area contributed by atoms with Crippen molar-refractivity contribution in [2.24, 2.45) is 0 Å². The van der Waals surface area contributed by atoms with Crippen LogP contribution in [0.3, 0.4) is 0 Å². The van der Waals surface area contributed by atoms with Gasteiger partial charge in [0.1, 0.15) is 5.92 Å². The molecule has 7 heteroatoms. The Morgan fingerprint density at radius 2 is 1.95 bits per heavy atom. The molecule has 1 unspecified atom stereocenters. The molecule has 1 aromatic heterocycles. The summed E-state index contributed by atoms with van der Waals surface area (Å²) in [5.41, 5.74) is 1.32. The van der Waals surface area contributed by atoms with Crippen LogP contribution in [0.15, 0.2) is 24.3 Å². The first-order chi connectivity index (χ1) is 9.49. The zero-order valence-electron chi connectivity index (χ0n) is 10.4. The van der Waals surface area contributed by atoms with Gasteiger partial charge in [-0.1, -0.05) is 23.7 Å². The Morgan fingerprint density at radius 1 is 1.30 bits per heavy atom. The number of fused-ring (bicyclic) bond motifs is 1. The smallest absolute Gasteiger partial charge is 0.265 e. The second-order valence-electron chi connectivity index (χ2n) is 4.47. The number of aryl methyl sites for hydroxylation is 1. The number of anilines is 1. The van der Waals surface area contributed by atoms with Gasteiger partial charge in [-0.2, -0.15) is 9.78 Å². The monoisotopic (exact) mass is 401 g/mol. The SMILES string of the molecule is Cc1nn2c(c1I)NC(=O)C(c1ccc(Cl)cc1)C2=O. The number of benzene rings is 1. The topological polar surface area (TPSA) is 64.0 Å². The van der Waals surface area contributed by atoms with E-state index < -0.39 is 5.92 Å². The molecule has 102 valence electrons. The van der Waals surface area contributed by atoms with Crippen molar-refractivity contribution in [1.82, 2.24) is 9.78 Å². The average molecular weight is 402 g/mol. The molecule has 0 radical (unpaired) electrons. The van der Waals surface area contributed by atoms with Gasteiger partial charge in [-0.3, -0.25) is 9.59 Å². The van der Waals surface area contributed by atoms with E-state index in [0.29, 0.717) is 22.1 Å². The maximum Gasteiger partial charge on any atom is 0.265 e. The van der Waals surface area contributed by atoms with Crippen molar-refractivity contribution in [3.63, 3.8) is 0 Å². The van der Waals surface area contributed by atoms with Crippen LogP contribution in [0.4, 0.5) is 5.82 Å². The van der Waals surface area contributed by atoms with Crippen LogP contribution in [0, 0.1) is 10.5 Å². The largest absolute Gasteiger partial charge is 0.309 e. The van der Waals surface area contributed by atoms with Gasteiger partial charge in [0.15, 0.2) is 5.82 Å². The minimum absolute atomic E-state index is 0.345. The number of hydrogen-bond donors (Lipinski definition) is 1. The van der Waals surface area contributed by atoms with E-state index >= 15 is 0 Å². The van der Waals surface area contributed by atoms with E-state index in [1.807, 2.05) is 0 Å². The average Bonchev–Trinajstić information content (AvgIpc) is 2.69. The van der Waals surface area contributed by atoms with Crippen molar-refractivity contribution in [3.05, 3.63) is 44.1 Å². The molecule has 0 bridgehead atoms. The molecule has 0 spiro atoms. The molecule has 1 amide bonds. The summed E-state index contributed by atoms with van der Waals surface area (Å²) in [7, 11) is 0. The van der Waals surface area contributed by atoms with Gasteiger partial charge in [0.25, 0.3) is 5.91 Å². The maximum atomic E-state index is 12.5. The Balaban J connectivity index is 2.08. The van der Waals surface area contributed by atoms with E-state index in [1.165, 1.54) is 4.68 Å². The molecule has 3 rings (SSSR count). The standard InChI is InChI=1S/C13H9ClIN3O2/c1-6-10(15)11-16-12(19)9(13(20)18(11)17-6)7-2-4-8(14)5-3-7/h2-5,9H,1H3,(H,16,19). The van der Waals surface area contributed by atoms with Crippen LogP contribution >= 0.6 is 34.2 Å².